The molecule has 0 radical (unpaired) electrons. The van der Waals surface area contributed by atoms with E-state index < -0.39 is 0 Å². The number of hydrogen-bond acceptors (Lipinski definition) is 3. The van der Waals surface area contributed by atoms with Crippen molar-refractivity contribution in [1.82, 2.24) is 0 Å². The molecule has 0 saturated carbocycles. The molecule has 1 amide bonds. The van der Waals surface area contributed by atoms with Gasteiger partial charge >= 0.3 is 0 Å². The second-order valence-corrected chi connectivity index (χ2v) is 5.69. The number of thioether (sulfide) groups is 1. The summed E-state index contributed by atoms with van der Waals surface area (Å²) < 4.78 is 0. The average Bonchev–Trinajstić information content (AvgIpc) is 2.48. The fourth-order valence-corrected chi connectivity index (χ4v) is 2.54. The summed E-state index contributed by atoms with van der Waals surface area (Å²) >= 11 is 7.61. The van der Waals surface area contributed by atoms with E-state index in [0.717, 1.165) is 4.90 Å². The number of benzene rings is 2. The number of carbonyl (C=O) groups is 2. The van der Waals surface area contributed by atoms with Crippen molar-refractivity contribution in [3.8, 4) is 0 Å². The van der Waals surface area contributed by atoms with Crippen LogP contribution < -0.4 is 5.32 Å². The number of amides is 1. The summed E-state index contributed by atoms with van der Waals surface area (Å²) in [7, 11) is 0. The van der Waals surface area contributed by atoms with E-state index in [1.54, 1.807) is 36.4 Å². The molecule has 0 saturated heterocycles. The molecule has 0 bridgehead atoms. The van der Waals surface area contributed by atoms with E-state index in [1.165, 1.54) is 18.7 Å². The van der Waals surface area contributed by atoms with Gasteiger partial charge in [0, 0.05) is 10.5 Å². The van der Waals surface area contributed by atoms with Crippen molar-refractivity contribution in [2.24, 2.45) is 0 Å². The third kappa shape index (κ3) is 3.65. The molecule has 108 valence electrons. The van der Waals surface area contributed by atoms with Gasteiger partial charge in [-0.25, -0.2) is 0 Å². The molecular weight excluding hydrogens is 306 g/mol. The first kappa shape index (κ1) is 15.6. The standard InChI is InChI=1S/C16H14ClNO2S/c1-10(19)12-5-3-4-6-15(12)18-16(20)13-9-11(21-2)7-8-14(13)17/h3-9H,1-2H3,(H,18,20). The fourth-order valence-electron chi connectivity index (χ4n) is 1.89. The largest absolute Gasteiger partial charge is 0.321 e. The van der Waals surface area contributed by atoms with Crippen LogP contribution in [0.1, 0.15) is 27.6 Å². The van der Waals surface area contributed by atoms with Gasteiger partial charge in [-0.2, -0.15) is 0 Å². The monoisotopic (exact) mass is 319 g/mol. The number of rotatable bonds is 4. The second-order valence-electron chi connectivity index (χ2n) is 4.40. The van der Waals surface area contributed by atoms with E-state index in [2.05, 4.69) is 5.32 Å². The Labute approximate surface area is 132 Å². The molecule has 0 aliphatic carbocycles. The van der Waals surface area contributed by atoms with Gasteiger partial charge < -0.3 is 5.32 Å². The van der Waals surface area contributed by atoms with Gasteiger partial charge in [0.15, 0.2) is 5.78 Å². The summed E-state index contributed by atoms with van der Waals surface area (Å²) in [5.74, 6) is -0.431. The Morgan fingerprint density at radius 3 is 2.48 bits per heavy atom. The molecule has 2 aromatic rings. The minimum absolute atomic E-state index is 0.102. The van der Waals surface area contributed by atoms with Crippen LogP contribution in [-0.4, -0.2) is 17.9 Å². The third-order valence-corrected chi connectivity index (χ3v) is 4.03. The number of para-hydroxylation sites is 1. The van der Waals surface area contributed by atoms with E-state index in [-0.39, 0.29) is 11.7 Å². The van der Waals surface area contributed by atoms with Crippen molar-refractivity contribution in [2.45, 2.75) is 11.8 Å². The predicted octanol–water partition coefficient (Wildman–Crippen LogP) is 4.52. The molecule has 1 N–H and O–H groups in total. The summed E-state index contributed by atoms with van der Waals surface area (Å²) in [5, 5.41) is 3.13. The SMILES string of the molecule is CSc1ccc(Cl)c(C(=O)Nc2ccccc2C(C)=O)c1. The summed E-state index contributed by atoms with van der Waals surface area (Å²) in [5.41, 5.74) is 1.35. The average molecular weight is 320 g/mol. The van der Waals surface area contributed by atoms with E-state index >= 15 is 0 Å². The smallest absolute Gasteiger partial charge is 0.257 e. The van der Waals surface area contributed by atoms with Crippen LogP contribution in [0.15, 0.2) is 47.4 Å². The van der Waals surface area contributed by atoms with Gasteiger partial charge in [-0.3, -0.25) is 9.59 Å². The number of carbonyl (C=O) groups excluding carboxylic acids is 2. The highest BCUT2D eigenvalue weighted by Crippen LogP contribution is 2.24. The number of hydrogen-bond donors (Lipinski definition) is 1. The van der Waals surface area contributed by atoms with Crippen LogP contribution >= 0.6 is 23.4 Å². The Morgan fingerprint density at radius 1 is 1.10 bits per heavy atom. The number of Topliss-reactive ketones (excluding diaryl/α,β-unsaturated/α-hetero) is 1. The highest BCUT2D eigenvalue weighted by atomic mass is 35.5. The zero-order valence-corrected chi connectivity index (χ0v) is 13.2. The first-order chi connectivity index (χ1) is 10.0. The van der Waals surface area contributed by atoms with Crippen LogP contribution in [-0.2, 0) is 0 Å². The Kier molecular flexibility index (Phi) is 5.04. The lowest BCUT2D eigenvalue weighted by Crippen LogP contribution is -2.14. The highest BCUT2D eigenvalue weighted by molar-refractivity contribution is 7.98. The lowest BCUT2D eigenvalue weighted by Gasteiger charge is -2.10. The molecule has 2 aromatic carbocycles. The van der Waals surface area contributed by atoms with Crippen molar-refractivity contribution in [3.63, 3.8) is 0 Å². The summed E-state index contributed by atoms with van der Waals surface area (Å²) in [6, 6.07) is 12.2. The topological polar surface area (TPSA) is 46.2 Å². The Balaban J connectivity index is 2.33. The van der Waals surface area contributed by atoms with Crippen LogP contribution in [0.3, 0.4) is 0 Å². The lowest BCUT2D eigenvalue weighted by molar-refractivity contribution is 0.101. The minimum atomic E-state index is -0.329. The van der Waals surface area contributed by atoms with Crippen LogP contribution in [0.5, 0.6) is 0 Å². The lowest BCUT2D eigenvalue weighted by atomic mass is 10.1. The van der Waals surface area contributed by atoms with Gasteiger partial charge in [-0.15, -0.1) is 11.8 Å². The van der Waals surface area contributed by atoms with E-state index in [9.17, 15) is 9.59 Å². The van der Waals surface area contributed by atoms with Crippen LogP contribution in [0, 0.1) is 0 Å². The molecule has 2 rings (SSSR count). The van der Waals surface area contributed by atoms with Crippen molar-refractivity contribution in [1.29, 1.82) is 0 Å². The number of anilines is 1. The first-order valence-corrected chi connectivity index (χ1v) is 7.88. The zero-order chi connectivity index (χ0) is 15.4. The maximum atomic E-state index is 12.4. The van der Waals surface area contributed by atoms with E-state index in [0.29, 0.717) is 21.8 Å². The Hall–Kier alpha value is -1.78. The summed E-state index contributed by atoms with van der Waals surface area (Å²) in [6.45, 7) is 1.46. The van der Waals surface area contributed by atoms with Gasteiger partial charge in [-0.05, 0) is 43.5 Å². The Morgan fingerprint density at radius 2 is 1.81 bits per heavy atom. The van der Waals surface area contributed by atoms with Gasteiger partial charge in [0.1, 0.15) is 0 Å². The van der Waals surface area contributed by atoms with Gasteiger partial charge in [0.05, 0.1) is 16.3 Å². The van der Waals surface area contributed by atoms with Crippen molar-refractivity contribution in [3.05, 3.63) is 58.6 Å². The van der Waals surface area contributed by atoms with E-state index in [1.807, 2.05) is 12.3 Å². The third-order valence-electron chi connectivity index (χ3n) is 2.97. The normalized spacial score (nSPS) is 10.2. The van der Waals surface area contributed by atoms with Crippen molar-refractivity contribution in [2.75, 3.05) is 11.6 Å². The molecule has 3 nitrogen and oxygen atoms in total. The fraction of sp³-hybridized carbons (Fsp3) is 0.125. The molecule has 0 atom stereocenters. The van der Waals surface area contributed by atoms with Gasteiger partial charge in [0.25, 0.3) is 5.91 Å². The van der Waals surface area contributed by atoms with Gasteiger partial charge in [0.2, 0.25) is 0 Å². The summed E-state index contributed by atoms with van der Waals surface area (Å²) in [4.78, 5) is 24.9. The maximum Gasteiger partial charge on any atom is 0.257 e. The first-order valence-electron chi connectivity index (χ1n) is 6.27. The number of nitrogens with one attached hydrogen (secondary N) is 1. The molecule has 0 spiro atoms. The molecule has 0 aromatic heterocycles. The molecular formula is C16H14ClNO2S. The van der Waals surface area contributed by atoms with Gasteiger partial charge in [-0.1, -0.05) is 23.7 Å². The second kappa shape index (κ2) is 6.78. The predicted molar refractivity (Wildman–Crippen MR) is 87.6 cm³/mol. The minimum Gasteiger partial charge on any atom is -0.321 e. The number of halogens is 1. The molecule has 0 aliphatic heterocycles. The van der Waals surface area contributed by atoms with Crippen LogP contribution in [0.25, 0.3) is 0 Å². The van der Waals surface area contributed by atoms with Crippen molar-refractivity contribution >= 4 is 40.7 Å². The zero-order valence-electron chi connectivity index (χ0n) is 11.6. The van der Waals surface area contributed by atoms with Crippen LogP contribution in [0.2, 0.25) is 5.02 Å². The van der Waals surface area contributed by atoms with Crippen LogP contribution in [0.4, 0.5) is 5.69 Å². The van der Waals surface area contributed by atoms with Crippen molar-refractivity contribution < 1.29 is 9.59 Å². The molecule has 0 aliphatic rings. The highest BCUT2D eigenvalue weighted by Gasteiger charge is 2.14. The quantitative estimate of drug-likeness (QED) is 0.666. The maximum absolute atomic E-state index is 12.4. The molecule has 0 unspecified atom stereocenters. The number of ketones is 1. The molecule has 5 heteroatoms. The summed E-state index contributed by atoms with van der Waals surface area (Å²) in [6.07, 6.45) is 1.93. The molecule has 0 heterocycles. The molecule has 0 fully saturated rings. The molecule has 21 heavy (non-hydrogen) atoms. The Bertz CT molecular complexity index is 700. The van der Waals surface area contributed by atoms with E-state index in [4.69, 9.17) is 11.6 Å².